The molecule has 1 aromatic carbocycles. The van der Waals surface area contributed by atoms with Crippen LogP contribution in [0.5, 0.6) is 0 Å². The number of likely N-dealkylation sites (tertiary alicyclic amines) is 1. The maximum atomic E-state index is 13.7. The van der Waals surface area contributed by atoms with E-state index in [0.29, 0.717) is 34.1 Å². The second-order valence-electron chi connectivity index (χ2n) is 10.1. The number of hydrogen-bond acceptors (Lipinski definition) is 10. The van der Waals surface area contributed by atoms with Gasteiger partial charge in [0.15, 0.2) is 0 Å². The van der Waals surface area contributed by atoms with Crippen molar-refractivity contribution in [3.8, 4) is 0 Å². The van der Waals surface area contributed by atoms with Crippen LogP contribution in [0.3, 0.4) is 0 Å². The van der Waals surface area contributed by atoms with Gasteiger partial charge in [-0.05, 0) is 74.0 Å². The maximum absolute atomic E-state index is 13.7. The highest BCUT2D eigenvalue weighted by molar-refractivity contribution is 7.84. The molecule has 4 atom stereocenters. The Hall–Kier alpha value is -2.45. The topological polar surface area (TPSA) is 148 Å². The van der Waals surface area contributed by atoms with Crippen molar-refractivity contribution >= 4 is 44.8 Å². The molecule has 0 bridgehead atoms. The SMILES string of the molecule is CN1CCCC1(c1cccc(Cl)c1)c1csc(C(=O)c2cncnc2NC2C[C@H](COS(N)(=O)=O)[C@@H](O)C2)c1. The number of aliphatic hydroxyl groups excluding tert-OH is 1. The molecule has 10 nitrogen and oxygen atoms in total. The number of benzene rings is 1. The predicted octanol–water partition coefficient (Wildman–Crippen LogP) is 3.16. The number of hydrogen-bond donors (Lipinski definition) is 3. The summed E-state index contributed by atoms with van der Waals surface area (Å²) in [6.45, 7) is 0.719. The van der Waals surface area contributed by atoms with Gasteiger partial charge in [-0.15, -0.1) is 11.3 Å². The summed E-state index contributed by atoms with van der Waals surface area (Å²) in [4.78, 5) is 25.0. The van der Waals surface area contributed by atoms with Gasteiger partial charge in [0.05, 0.1) is 28.7 Å². The van der Waals surface area contributed by atoms with E-state index in [9.17, 15) is 18.3 Å². The molecule has 5 rings (SSSR count). The number of rotatable bonds is 9. The summed E-state index contributed by atoms with van der Waals surface area (Å²) < 4.78 is 26.9. The summed E-state index contributed by atoms with van der Waals surface area (Å²) in [7, 11) is -2.00. The molecule has 0 amide bonds. The molecule has 1 aliphatic heterocycles. The van der Waals surface area contributed by atoms with E-state index in [1.807, 2.05) is 29.6 Å². The van der Waals surface area contributed by atoms with Crippen molar-refractivity contribution in [1.29, 1.82) is 0 Å². The molecule has 2 fully saturated rings. The van der Waals surface area contributed by atoms with Crippen molar-refractivity contribution in [2.75, 3.05) is 25.5 Å². The number of nitrogens with one attached hydrogen (secondary N) is 1. The number of nitrogens with zero attached hydrogens (tertiary/aromatic N) is 3. The van der Waals surface area contributed by atoms with Gasteiger partial charge in [0.2, 0.25) is 5.78 Å². The molecule has 1 saturated carbocycles. The molecule has 39 heavy (non-hydrogen) atoms. The van der Waals surface area contributed by atoms with E-state index < -0.39 is 22.3 Å². The molecular weight excluding hydrogens is 562 g/mol. The zero-order chi connectivity index (χ0) is 27.8. The summed E-state index contributed by atoms with van der Waals surface area (Å²) in [6.07, 6.45) is 4.76. The van der Waals surface area contributed by atoms with Gasteiger partial charge in [0.25, 0.3) is 0 Å². The van der Waals surface area contributed by atoms with Gasteiger partial charge >= 0.3 is 10.3 Å². The molecular formula is C26H30ClN5O5S2. The Morgan fingerprint density at radius 1 is 1.33 bits per heavy atom. The van der Waals surface area contributed by atoms with E-state index in [0.717, 1.165) is 30.5 Å². The van der Waals surface area contributed by atoms with E-state index in [4.69, 9.17) is 16.7 Å². The summed E-state index contributed by atoms with van der Waals surface area (Å²) in [5.74, 6) is -0.269. The van der Waals surface area contributed by atoms with E-state index in [2.05, 4.69) is 37.5 Å². The van der Waals surface area contributed by atoms with Crippen LogP contribution >= 0.6 is 22.9 Å². The van der Waals surface area contributed by atoms with Crippen LogP contribution in [-0.4, -0.2) is 66.5 Å². The Morgan fingerprint density at radius 3 is 2.87 bits per heavy atom. The largest absolute Gasteiger partial charge is 0.393 e. The van der Waals surface area contributed by atoms with Crippen LogP contribution in [0.1, 0.15) is 52.0 Å². The number of nitrogens with two attached hydrogens (primary N) is 1. The standard InChI is InChI=1S/C26H30ClN5O5S2/c1-32-7-3-6-26(32,17-4-2-5-19(27)9-17)18-10-23(38-14-18)24(34)21-12-29-15-30-25(21)31-20-8-16(22(33)11-20)13-37-39(28,35)36/h2,4-5,9-10,12,14-16,20,22,33H,3,6-8,11,13H2,1H3,(H2,28,35,36)(H,29,30,31)/t16-,20?,22+,26?/m1/s1. The van der Waals surface area contributed by atoms with Crippen molar-refractivity contribution in [2.45, 2.75) is 43.4 Å². The molecule has 0 radical (unpaired) electrons. The molecule has 0 spiro atoms. The monoisotopic (exact) mass is 591 g/mol. The van der Waals surface area contributed by atoms with E-state index in [1.165, 1.54) is 23.9 Å². The molecule has 2 aliphatic rings. The predicted molar refractivity (Wildman–Crippen MR) is 149 cm³/mol. The van der Waals surface area contributed by atoms with Crippen LogP contribution in [0.15, 0.2) is 48.2 Å². The van der Waals surface area contributed by atoms with Crippen molar-refractivity contribution < 1.29 is 22.5 Å². The van der Waals surface area contributed by atoms with Crippen LogP contribution in [0.25, 0.3) is 0 Å². The third-order valence-electron chi connectivity index (χ3n) is 7.69. The zero-order valence-corrected chi connectivity index (χ0v) is 23.7. The fraction of sp³-hybridized carbons (Fsp3) is 0.423. The molecule has 3 aromatic rings. The number of aromatic nitrogens is 2. The minimum atomic E-state index is -4.10. The Kier molecular flexibility index (Phi) is 8.07. The number of halogens is 1. The number of carbonyl (C=O) groups is 1. The lowest BCUT2D eigenvalue weighted by Gasteiger charge is -2.36. The lowest BCUT2D eigenvalue weighted by Crippen LogP contribution is -2.39. The molecule has 1 saturated heterocycles. The number of aliphatic hydroxyl groups is 1. The van der Waals surface area contributed by atoms with Gasteiger partial charge in [-0.25, -0.2) is 15.1 Å². The van der Waals surface area contributed by atoms with Crippen molar-refractivity contribution in [1.82, 2.24) is 14.9 Å². The fourth-order valence-corrected chi connectivity index (χ4v) is 7.27. The molecule has 208 valence electrons. The van der Waals surface area contributed by atoms with Gasteiger partial charge < -0.3 is 10.4 Å². The normalized spacial score (nSPS) is 25.7. The van der Waals surface area contributed by atoms with Crippen LogP contribution in [0.2, 0.25) is 5.02 Å². The summed E-state index contributed by atoms with van der Waals surface area (Å²) in [5.41, 5.74) is 2.09. The smallest absolute Gasteiger partial charge is 0.333 e. The van der Waals surface area contributed by atoms with E-state index in [-0.39, 0.29) is 24.0 Å². The van der Waals surface area contributed by atoms with Gasteiger partial charge in [-0.3, -0.25) is 13.9 Å². The van der Waals surface area contributed by atoms with Crippen molar-refractivity contribution in [3.63, 3.8) is 0 Å². The number of carbonyl (C=O) groups excluding carboxylic acids is 1. The zero-order valence-electron chi connectivity index (χ0n) is 21.3. The highest BCUT2D eigenvalue weighted by atomic mass is 35.5. The third kappa shape index (κ3) is 5.87. The first kappa shape index (κ1) is 28.1. The van der Waals surface area contributed by atoms with Gasteiger partial charge in [-0.1, -0.05) is 23.7 Å². The lowest BCUT2D eigenvalue weighted by molar-refractivity contribution is 0.101. The minimum absolute atomic E-state index is 0.205. The summed E-state index contributed by atoms with van der Waals surface area (Å²) >= 11 is 7.74. The molecule has 13 heteroatoms. The first-order valence-electron chi connectivity index (χ1n) is 12.6. The average molecular weight is 592 g/mol. The highest BCUT2D eigenvalue weighted by Gasteiger charge is 2.43. The minimum Gasteiger partial charge on any atom is -0.393 e. The van der Waals surface area contributed by atoms with Crippen LogP contribution in [0.4, 0.5) is 5.82 Å². The highest BCUT2D eigenvalue weighted by Crippen LogP contribution is 2.45. The first-order valence-corrected chi connectivity index (χ1v) is 15.3. The van der Waals surface area contributed by atoms with Crippen molar-refractivity contribution in [2.24, 2.45) is 11.1 Å². The maximum Gasteiger partial charge on any atom is 0.333 e. The molecule has 3 heterocycles. The second-order valence-corrected chi connectivity index (χ2v) is 12.7. The lowest BCUT2D eigenvalue weighted by atomic mass is 9.82. The summed E-state index contributed by atoms with van der Waals surface area (Å²) in [6, 6.07) is 9.59. The number of ketones is 1. The Bertz CT molecular complexity index is 1470. The molecule has 2 unspecified atom stereocenters. The van der Waals surface area contributed by atoms with Crippen LogP contribution in [0, 0.1) is 5.92 Å². The number of thiophene rings is 1. The van der Waals surface area contributed by atoms with E-state index in [1.54, 1.807) is 0 Å². The van der Waals surface area contributed by atoms with Gasteiger partial charge in [0, 0.05) is 23.2 Å². The third-order valence-corrected chi connectivity index (χ3v) is 9.32. The Morgan fingerprint density at radius 2 is 2.15 bits per heavy atom. The Balaban J connectivity index is 1.37. The van der Waals surface area contributed by atoms with Gasteiger partial charge in [0.1, 0.15) is 12.1 Å². The Labute approximate surface area is 236 Å². The summed E-state index contributed by atoms with van der Waals surface area (Å²) in [5, 5.41) is 21.3. The van der Waals surface area contributed by atoms with Crippen LogP contribution < -0.4 is 10.5 Å². The number of anilines is 1. The molecule has 2 aromatic heterocycles. The quantitative estimate of drug-likeness (QED) is 0.319. The second kappa shape index (κ2) is 11.2. The molecule has 4 N–H and O–H groups in total. The molecule has 1 aliphatic carbocycles. The van der Waals surface area contributed by atoms with Gasteiger partial charge in [-0.2, -0.15) is 8.42 Å². The first-order chi connectivity index (χ1) is 18.6. The van der Waals surface area contributed by atoms with Crippen LogP contribution in [-0.2, 0) is 20.0 Å². The van der Waals surface area contributed by atoms with E-state index >= 15 is 0 Å². The van der Waals surface area contributed by atoms with Crippen molar-refractivity contribution in [3.05, 3.63) is 74.8 Å². The fourth-order valence-electron chi connectivity index (χ4n) is 5.79. The average Bonchev–Trinajstić information content (AvgIpc) is 3.61.